The van der Waals surface area contributed by atoms with Gasteiger partial charge in [-0.05, 0) is 13.8 Å². The van der Waals surface area contributed by atoms with E-state index in [4.69, 9.17) is 10.2 Å². The first-order chi connectivity index (χ1) is 4.24. The van der Waals surface area contributed by atoms with Crippen LogP contribution in [0.5, 0.6) is 0 Å². The van der Waals surface area contributed by atoms with Crippen LogP contribution in [0.15, 0.2) is 0 Å². The molecule has 0 amide bonds. The fraction of sp³-hybridized carbons (Fsp3) is 0.857. The molecule has 0 aromatic rings. The fourth-order valence-electron chi connectivity index (χ4n) is 0. The van der Waals surface area contributed by atoms with Crippen LogP contribution in [0.4, 0.5) is 0 Å². The van der Waals surface area contributed by atoms with Crippen LogP contribution in [-0.4, -0.2) is 23.4 Å². The minimum absolute atomic E-state index is 0. The van der Waals surface area contributed by atoms with Crippen molar-refractivity contribution in [1.29, 1.82) is 0 Å². The maximum atomic E-state index is 7.57. The second-order valence-electron chi connectivity index (χ2n) is 1.13. The third-order valence-electron chi connectivity index (χ3n) is 0. The summed E-state index contributed by atoms with van der Waals surface area (Å²) in [4.78, 5) is 0. The van der Waals surface area contributed by atoms with Crippen molar-refractivity contribution in [2.75, 3.05) is 13.2 Å². The van der Waals surface area contributed by atoms with E-state index in [0.717, 1.165) is 6.42 Å². The Balaban J connectivity index is -0.0000000257. The Morgan fingerprint density at radius 1 is 1.00 bits per heavy atom. The van der Waals surface area contributed by atoms with Gasteiger partial charge in [0.2, 0.25) is 0 Å². The molecule has 0 aromatic heterocycles. The normalized spacial score (nSPS) is 5.40. The first kappa shape index (κ1) is 22.4. The predicted molar refractivity (Wildman–Crippen MR) is 41.2 cm³/mol. The summed E-state index contributed by atoms with van der Waals surface area (Å²) < 4.78 is 0. The van der Waals surface area contributed by atoms with Crippen LogP contribution >= 0.6 is 0 Å². The molecule has 0 bridgehead atoms. The van der Waals surface area contributed by atoms with Gasteiger partial charge in [0.05, 0.1) is 0 Å². The average Bonchev–Trinajstić information content (AvgIpc) is 1.70. The largest absolute Gasteiger partial charge is 0.397 e. The third-order valence-corrected chi connectivity index (χ3v) is 0. The maximum Gasteiger partial charge on any atom is 0.0402 e. The van der Waals surface area contributed by atoms with E-state index in [2.05, 4.69) is 6.92 Å². The summed E-state index contributed by atoms with van der Waals surface area (Å²) in [5.41, 5.74) is 0. The van der Waals surface area contributed by atoms with E-state index in [1.807, 2.05) is 6.92 Å². The van der Waals surface area contributed by atoms with E-state index < -0.39 is 0 Å². The van der Waals surface area contributed by atoms with Crippen molar-refractivity contribution < 1.29 is 31.9 Å². The van der Waals surface area contributed by atoms with Crippen LogP contribution in [0.1, 0.15) is 27.2 Å². The van der Waals surface area contributed by atoms with Gasteiger partial charge in [-0.15, -0.1) is 0 Å². The van der Waals surface area contributed by atoms with Gasteiger partial charge in [0.1, 0.15) is 0 Å². The van der Waals surface area contributed by atoms with Gasteiger partial charge >= 0.3 is 0 Å². The monoisotopic (exact) mass is 183 g/mol. The molecule has 3 heteroatoms. The van der Waals surface area contributed by atoms with E-state index >= 15 is 0 Å². The molecule has 0 spiro atoms. The van der Waals surface area contributed by atoms with E-state index in [-0.39, 0.29) is 34.9 Å². The van der Waals surface area contributed by atoms with Crippen molar-refractivity contribution in [3.63, 3.8) is 0 Å². The van der Waals surface area contributed by atoms with Crippen LogP contribution in [0.2, 0.25) is 0 Å². The Hall–Kier alpha value is 0.634. The summed E-state index contributed by atoms with van der Waals surface area (Å²) >= 11 is 0. The van der Waals surface area contributed by atoms with E-state index in [0.29, 0.717) is 0 Å². The molecule has 0 saturated heterocycles. The molecule has 64 valence electrons. The summed E-state index contributed by atoms with van der Waals surface area (Å²) in [5.74, 6) is 0. The molecule has 10 heavy (non-hydrogen) atoms. The zero-order chi connectivity index (χ0) is 8.12. The molecule has 0 heterocycles. The number of hydrogen-bond donors (Lipinski definition) is 2. The summed E-state index contributed by atoms with van der Waals surface area (Å²) in [7, 11) is 0. The topological polar surface area (TPSA) is 40.5 Å². The zero-order valence-corrected chi connectivity index (χ0v) is 8.78. The van der Waals surface area contributed by atoms with Gasteiger partial charge in [0, 0.05) is 34.9 Å². The molecule has 2 N–H and O–H groups in total. The molecule has 0 atom stereocenters. The molecule has 0 unspecified atom stereocenters. The van der Waals surface area contributed by atoms with E-state index in [9.17, 15) is 0 Å². The first-order valence-corrected chi connectivity index (χ1v) is 3.25. The average molecular weight is 183 g/mol. The Kier molecular flexibility index (Phi) is 122. The molecular formula is C7H19O2Ti-. The van der Waals surface area contributed by atoms with Gasteiger partial charge in [-0.25, -0.2) is 0 Å². The van der Waals surface area contributed by atoms with Gasteiger partial charge in [-0.3, -0.25) is 0 Å². The second-order valence-corrected chi connectivity index (χ2v) is 1.13. The van der Waals surface area contributed by atoms with Gasteiger partial charge in [-0.1, -0.05) is 6.92 Å². The number of aliphatic hydroxyl groups excluding tert-OH is 2. The first-order valence-electron chi connectivity index (χ1n) is 3.25. The molecule has 0 aromatic carbocycles. The third kappa shape index (κ3) is 1250. The van der Waals surface area contributed by atoms with Crippen LogP contribution in [-0.2, 0) is 21.7 Å². The molecule has 0 saturated carbocycles. The quantitative estimate of drug-likeness (QED) is 0.438. The maximum absolute atomic E-state index is 7.57. The van der Waals surface area contributed by atoms with Crippen molar-refractivity contribution >= 4 is 0 Å². The standard InChI is InChI=1S/C3H7.2C2H6O.Ti/c1-3-2;2*1-2-3;/h1,3H2,2H3;2*3H,2H2,1H3;/q-1;;;. The molecule has 0 rings (SSSR count). The second kappa shape index (κ2) is 54.4. The van der Waals surface area contributed by atoms with Crippen LogP contribution in [0.25, 0.3) is 0 Å². The summed E-state index contributed by atoms with van der Waals surface area (Å²) in [6.07, 6.45) is 1.00. The SMILES string of the molecule is CCO.CCO.[CH2-]CC.[Ti]. The number of hydrogen-bond acceptors (Lipinski definition) is 2. The predicted octanol–water partition coefficient (Wildman–Crippen LogP) is 1.23. The van der Waals surface area contributed by atoms with Crippen LogP contribution in [0.3, 0.4) is 0 Å². The molecule has 0 aliphatic rings. The van der Waals surface area contributed by atoms with E-state index in [1.54, 1.807) is 13.8 Å². The minimum Gasteiger partial charge on any atom is -0.397 e. The molecule has 0 fully saturated rings. The Bertz CT molecular complexity index is 16.3. The van der Waals surface area contributed by atoms with E-state index in [1.165, 1.54) is 0 Å². The number of aliphatic hydroxyl groups is 2. The Morgan fingerprint density at radius 3 is 1.00 bits per heavy atom. The molecule has 0 radical (unpaired) electrons. The number of rotatable bonds is 0. The van der Waals surface area contributed by atoms with Crippen molar-refractivity contribution in [3.05, 3.63) is 6.92 Å². The Labute approximate surface area is 79.5 Å². The molecule has 0 aliphatic carbocycles. The summed E-state index contributed by atoms with van der Waals surface area (Å²) in [6.45, 7) is 9.36. The summed E-state index contributed by atoms with van der Waals surface area (Å²) in [6, 6.07) is 0. The van der Waals surface area contributed by atoms with Gasteiger partial charge < -0.3 is 17.1 Å². The molecule has 2 nitrogen and oxygen atoms in total. The molecular weight excluding hydrogens is 164 g/mol. The van der Waals surface area contributed by atoms with Gasteiger partial charge in [0.25, 0.3) is 0 Å². The van der Waals surface area contributed by atoms with Gasteiger partial charge in [-0.2, -0.15) is 6.42 Å². The summed E-state index contributed by atoms with van der Waals surface area (Å²) in [5, 5.41) is 15.1. The molecule has 0 aliphatic heterocycles. The fourth-order valence-corrected chi connectivity index (χ4v) is 0. The van der Waals surface area contributed by atoms with Gasteiger partial charge in [0.15, 0.2) is 0 Å². The Morgan fingerprint density at radius 2 is 1.00 bits per heavy atom. The smallest absolute Gasteiger partial charge is 0.0402 e. The minimum atomic E-state index is 0. The van der Waals surface area contributed by atoms with Crippen LogP contribution < -0.4 is 0 Å². The van der Waals surface area contributed by atoms with Crippen molar-refractivity contribution in [3.8, 4) is 0 Å². The van der Waals surface area contributed by atoms with Crippen molar-refractivity contribution in [1.82, 2.24) is 0 Å². The van der Waals surface area contributed by atoms with Crippen molar-refractivity contribution in [2.24, 2.45) is 0 Å². The zero-order valence-electron chi connectivity index (χ0n) is 7.22. The van der Waals surface area contributed by atoms with Crippen LogP contribution in [0, 0.1) is 6.92 Å². The van der Waals surface area contributed by atoms with Crippen molar-refractivity contribution in [2.45, 2.75) is 27.2 Å².